The summed E-state index contributed by atoms with van der Waals surface area (Å²) in [4.78, 5) is 0. The van der Waals surface area contributed by atoms with Gasteiger partial charge in [-0.05, 0) is 18.1 Å². The lowest BCUT2D eigenvalue weighted by Gasteiger charge is -2.08. The molecule has 0 spiro atoms. The van der Waals surface area contributed by atoms with Gasteiger partial charge in [-0.25, -0.2) is 0 Å². The van der Waals surface area contributed by atoms with Gasteiger partial charge in [0.05, 0.1) is 0 Å². The summed E-state index contributed by atoms with van der Waals surface area (Å²) in [5.41, 5.74) is 2.39. The lowest BCUT2D eigenvalue weighted by atomic mass is 10.1. The number of unbranched alkanes of at least 4 members (excludes halogenated alkanes) is 3. The first-order valence-corrected chi connectivity index (χ1v) is 5.83. The summed E-state index contributed by atoms with van der Waals surface area (Å²) in [6, 6.07) is 8.29. The average Bonchev–Trinajstić information content (AvgIpc) is 2.29. The fraction of sp³-hybridized carbons (Fsp3) is 0.429. The van der Waals surface area contributed by atoms with Crippen molar-refractivity contribution < 1.29 is 0 Å². The molecule has 0 saturated heterocycles. The molecular formula is C14H21N. The monoisotopic (exact) mass is 203 g/mol. The molecule has 1 rings (SSSR count). The van der Waals surface area contributed by atoms with Gasteiger partial charge in [0.25, 0.3) is 0 Å². The number of nitrogens with one attached hydrogen (secondary N) is 1. The first kappa shape index (κ1) is 11.8. The third-order valence-electron chi connectivity index (χ3n) is 2.53. The third kappa shape index (κ3) is 4.20. The van der Waals surface area contributed by atoms with Gasteiger partial charge in [0.1, 0.15) is 0 Å². The molecule has 1 heteroatoms. The molecule has 0 aliphatic carbocycles. The van der Waals surface area contributed by atoms with E-state index in [0.717, 1.165) is 6.54 Å². The minimum atomic E-state index is 1.06. The molecular weight excluding hydrogens is 182 g/mol. The molecule has 0 amide bonds. The molecule has 0 unspecified atom stereocenters. The van der Waals surface area contributed by atoms with Gasteiger partial charge in [-0.1, -0.05) is 57.0 Å². The van der Waals surface area contributed by atoms with E-state index in [1.54, 1.807) is 0 Å². The third-order valence-corrected chi connectivity index (χ3v) is 2.53. The molecule has 0 radical (unpaired) electrons. The molecule has 0 fully saturated rings. The number of para-hydroxylation sites is 1. The largest absolute Gasteiger partial charge is 0.385 e. The topological polar surface area (TPSA) is 12.0 Å². The maximum absolute atomic E-state index is 3.81. The smallest absolute Gasteiger partial charge is 0.0413 e. The molecule has 0 aromatic heterocycles. The Morgan fingerprint density at radius 3 is 2.73 bits per heavy atom. The quantitative estimate of drug-likeness (QED) is 0.651. The van der Waals surface area contributed by atoms with E-state index in [1.807, 2.05) is 12.1 Å². The van der Waals surface area contributed by atoms with E-state index in [4.69, 9.17) is 0 Å². The number of hydrogen-bond acceptors (Lipinski definition) is 1. The van der Waals surface area contributed by atoms with Crippen molar-refractivity contribution in [3.63, 3.8) is 0 Å². The van der Waals surface area contributed by atoms with Crippen LogP contribution in [0.15, 0.2) is 30.8 Å². The molecule has 0 atom stereocenters. The van der Waals surface area contributed by atoms with Crippen molar-refractivity contribution in [2.45, 2.75) is 32.6 Å². The van der Waals surface area contributed by atoms with Crippen molar-refractivity contribution >= 4 is 11.8 Å². The van der Waals surface area contributed by atoms with Gasteiger partial charge in [0.15, 0.2) is 0 Å². The van der Waals surface area contributed by atoms with E-state index in [1.165, 1.54) is 36.9 Å². The highest BCUT2D eigenvalue weighted by molar-refractivity contribution is 5.65. The SMILES string of the molecule is C=Cc1ccccc1NCCCCCC. The molecule has 0 saturated carbocycles. The van der Waals surface area contributed by atoms with E-state index >= 15 is 0 Å². The van der Waals surface area contributed by atoms with Gasteiger partial charge in [0, 0.05) is 12.2 Å². The van der Waals surface area contributed by atoms with E-state index < -0.39 is 0 Å². The Morgan fingerprint density at radius 2 is 2.00 bits per heavy atom. The molecule has 82 valence electrons. The van der Waals surface area contributed by atoms with Crippen LogP contribution in [0.25, 0.3) is 6.08 Å². The van der Waals surface area contributed by atoms with Crippen LogP contribution in [0.4, 0.5) is 5.69 Å². The van der Waals surface area contributed by atoms with E-state index in [-0.39, 0.29) is 0 Å². The van der Waals surface area contributed by atoms with Gasteiger partial charge >= 0.3 is 0 Å². The molecule has 0 aliphatic rings. The predicted octanol–water partition coefficient (Wildman–Crippen LogP) is 4.32. The summed E-state index contributed by atoms with van der Waals surface area (Å²) in [6.07, 6.45) is 7.10. The minimum absolute atomic E-state index is 1.06. The van der Waals surface area contributed by atoms with E-state index in [9.17, 15) is 0 Å². The zero-order valence-electron chi connectivity index (χ0n) is 9.63. The summed E-state index contributed by atoms with van der Waals surface area (Å²) in [5.74, 6) is 0. The number of benzene rings is 1. The van der Waals surface area contributed by atoms with Crippen molar-refractivity contribution in [3.8, 4) is 0 Å². The minimum Gasteiger partial charge on any atom is -0.385 e. The maximum Gasteiger partial charge on any atom is 0.0413 e. The standard InChI is InChI=1S/C14H21N/c1-3-5-6-9-12-15-14-11-8-7-10-13(14)4-2/h4,7-8,10-11,15H,2-3,5-6,9,12H2,1H3. The van der Waals surface area contributed by atoms with Crippen molar-refractivity contribution in [3.05, 3.63) is 36.4 Å². The Bertz CT molecular complexity index is 291. The van der Waals surface area contributed by atoms with Crippen LogP contribution in [0, 0.1) is 0 Å². The lowest BCUT2D eigenvalue weighted by molar-refractivity contribution is 0.685. The van der Waals surface area contributed by atoms with Crippen molar-refractivity contribution in [2.24, 2.45) is 0 Å². The summed E-state index contributed by atoms with van der Waals surface area (Å²) in [7, 11) is 0. The van der Waals surface area contributed by atoms with Crippen LogP contribution in [0.1, 0.15) is 38.2 Å². The molecule has 0 heterocycles. The summed E-state index contributed by atoms with van der Waals surface area (Å²) in [5, 5.41) is 3.45. The van der Waals surface area contributed by atoms with Crippen LogP contribution in [0.3, 0.4) is 0 Å². The highest BCUT2D eigenvalue weighted by Crippen LogP contribution is 2.15. The number of hydrogen-bond donors (Lipinski definition) is 1. The summed E-state index contributed by atoms with van der Waals surface area (Å²) >= 11 is 0. The lowest BCUT2D eigenvalue weighted by Crippen LogP contribution is -2.02. The predicted molar refractivity (Wildman–Crippen MR) is 69.2 cm³/mol. The van der Waals surface area contributed by atoms with Gasteiger partial charge in [0.2, 0.25) is 0 Å². The van der Waals surface area contributed by atoms with Gasteiger partial charge in [-0.15, -0.1) is 0 Å². The van der Waals surface area contributed by atoms with E-state index in [0.29, 0.717) is 0 Å². The van der Waals surface area contributed by atoms with Gasteiger partial charge in [-0.2, -0.15) is 0 Å². The molecule has 1 N–H and O–H groups in total. The summed E-state index contributed by atoms with van der Waals surface area (Å²) in [6.45, 7) is 7.11. The second kappa shape index (κ2) is 7.10. The summed E-state index contributed by atoms with van der Waals surface area (Å²) < 4.78 is 0. The Balaban J connectivity index is 2.33. The van der Waals surface area contributed by atoms with Crippen LogP contribution >= 0.6 is 0 Å². The van der Waals surface area contributed by atoms with Crippen molar-refractivity contribution in [1.29, 1.82) is 0 Å². The molecule has 0 aliphatic heterocycles. The van der Waals surface area contributed by atoms with Crippen LogP contribution < -0.4 is 5.32 Å². The second-order valence-electron chi connectivity index (χ2n) is 3.78. The average molecular weight is 203 g/mol. The highest BCUT2D eigenvalue weighted by atomic mass is 14.9. The van der Waals surface area contributed by atoms with Gasteiger partial charge < -0.3 is 5.32 Å². The fourth-order valence-corrected chi connectivity index (χ4v) is 1.61. The zero-order valence-corrected chi connectivity index (χ0v) is 9.63. The molecule has 15 heavy (non-hydrogen) atoms. The first-order chi connectivity index (χ1) is 7.38. The molecule has 1 aromatic rings. The highest BCUT2D eigenvalue weighted by Gasteiger charge is 1.95. The van der Waals surface area contributed by atoms with Crippen LogP contribution in [0.5, 0.6) is 0 Å². The van der Waals surface area contributed by atoms with E-state index in [2.05, 4.69) is 37.0 Å². The van der Waals surface area contributed by atoms with Crippen molar-refractivity contribution in [2.75, 3.05) is 11.9 Å². The Hall–Kier alpha value is -1.24. The number of rotatable bonds is 7. The molecule has 1 aromatic carbocycles. The first-order valence-electron chi connectivity index (χ1n) is 5.83. The molecule has 1 nitrogen and oxygen atoms in total. The van der Waals surface area contributed by atoms with Gasteiger partial charge in [-0.3, -0.25) is 0 Å². The Morgan fingerprint density at radius 1 is 1.20 bits per heavy atom. The normalized spacial score (nSPS) is 9.93. The second-order valence-corrected chi connectivity index (χ2v) is 3.78. The van der Waals surface area contributed by atoms with Crippen molar-refractivity contribution in [1.82, 2.24) is 0 Å². The zero-order chi connectivity index (χ0) is 10.9. The Kier molecular flexibility index (Phi) is 5.60. The number of anilines is 1. The van der Waals surface area contributed by atoms with Crippen LogP contribution in [0.2, 0.25) is 0 Å². The Labute approximate surface area is 93.2 Å². The molecule has 0 bridgehead atoms. The fourth-order valence-electron chi connectivity index (χ4n) is 1.61. The maximum atomic E-state index is 3.81. The van der Waals surface area contributed by atoms with Crippen LogP contribution in [-0.4, -0.2) is 6.54 Å². The van der Waals surface area contributed by atoms with Crippen LogP contribution in [-0.2, 0) is 0 Å².